The molecule has 1 aromatic carbocycles. The predicted molar refractivity (Wildman–Crippen MR) is 85.7 cm³/mol. The fraction of sp³-hybridized carbons (Fsp3) is 0.294. The maximum absolute atomic E-state index is 12.7. The van der Waals surface area contributed by atoms with Crippen LogP contribution < -0.4 is 0 Å². The molecule has 0 saturated carbocycles. The van der Waals surface area contributed by atoms with E-state index in [9.17, 15) is 4.79 Å². The second-order valence-corrected chi connectivity index (χ2v) is 6.38. The number of hydrogen-bond donors (Lipinski definition) is 0. The number of likely N-dealkylation sites (tertiary alicyclic amines) is 1. The van der Waals surface area contributed by atoms with Gasteiger partial charge in [-0.25, -0.2) is 0 Å². The Balaban J connectivity index is 1.57. The molecule has 0 aliphatic carbocycles. The second-order valence-electron chi connectivity index (χ2n) is 5.60. The average Bonchev–Trinajstić information content (AvgIpc) is 3.27. The van der Waals surface area contributed by atoms with Gasteiger partial charge in [0.15, 0.2) is 5.58 Å². The highest BCUT2D eigenvalue weighted by atomic mass is 32.1. The largest absolute Gasteiger partial charge is 0.356 e. The lowest BCUT2D eigenvalue weighted by molar-refractivity contribution is -0.131. The number of thiophene rings is 1. The van der Waals surface area contributed by atoms with Gasteiger partial charge in [0.05, 0.1) is 12.5 Å². The summed E-state index contributed by atoms with van der Waals surface area (Å²) in [6.07, 6.45) is 2.41. The van der Waals surface area contributed by atoms with Gasteiger partial charge in [-0.15, -0.1) is 0 Å². The van der Waals surface area contributed by atoms with E-state index in [4.69, 9.17) is 4.52 Å². The van der Waals surface area contributed by atoms with Crippen LogP contribution in [0.15, 0.2) is 45.6 Å². The van der Waals surface area contributed by atoms with Gasteiger partial charge in [-0.2, -0.15) is 11.3 Å². The van der Waals surface area contributed by atoms with Crippen LogP contribution in [0, 0.1) is 0 Å². The first-order valence-corrected chi connectivity index (χ1v) is 8.42. The molecule has 1 atom stereocenters. The van der Waals surface area contributed by atoms with Crippen molar-refractivity contribution in [2.45, 2.75) is 25.3 Å². The van der Waals surface area contributed by atoms with Crippen LogP contribution in [-0.4, -0.2) is 22.5 Å². The van der Waals surface area contributed by atoms with Crippen molar-refractivity contribution in [2.75, 3.05) is 6.54 Å². The second kappa shape index (κ2) is 5.57. The SMILES string of the molecule is O=C(Cc1noc2ccccc12)N1CCC[C@H]1c1ccsc1. The Kier molecular flexibility index (Phi) is 3.42. The van der Waals surface area contributed by atoms with Gasteiger partial charge in [-0.05, 0) is 47.4 Å². The normalized spacial score (nSPS) is 18.2. The Bertz CT molecular complexity index is 794. The molecule has 0 spiro atoms. The molecule has 4 rings (SSSR count). The minimum absolute atomic E-state index is 0.132. The quantitative estimate of drug-likeness (QED) is 0.739. The average molecular weight is 312 g/mol. The molecule has 2 aromatic heterocycles. The third-order valence-corrected chi connectivity index (χ3v) is 4.97. The number of amides is 1. The Morgan fingerprint density at radius 1 is 1.36 bits per heavy atom. The standard InChI is InChI=1S/C17H16N2O2S/c20-17(10-14-13-4-1-2-6-16(13)21-18-14)19-8-3-5-15(19)12-7-9-22-11-12/h1-2,4,6-7,9,11,15H,3,5,8,10H2/t15-/m0/s1. The van der Waals surface area contributed by atoms with Gasteiger partial charge in [0, 0.05) is 11.9 Å². The number of carbonyl (C=O) groups is 1. The highest BCUT2D eigenvalue weighted by molar-refractivity contribution is 7.07. The van der Waals surface area contributed by atoms with E-state index >= 15 is 0 Å². The molecule has 0 bridgehead atoms. The summed E-state index contributed by atoms with van der Waals surface area (Å²) in [7, 11) is 0. The molecular weight excluding hydrogens is 296 g/mol. The molecule has 1 aliphatic rings. The predicted octanol–water partition coefficient (Wildman–Crippen LogP) is 3.80. The lowest BCUT2D eigenvalue weighted by atomic mass is 10.1. The molecule has 0 N–H and O–H groups in total. The number of nitrogens with zero attached hydrogens (tertiary/aromatic N) is 2. The van der Waals surface area contributed by atoms with Gasteiger partial charge < -0.3 is 9.42 Å². The van der Waals surface area contributed by atoms with Crippen molar-refractivity contribution in [1.82, 2.24) is 10.1 Å². The van der Waals surface area contributed by atoms with E-state index < -0.39 is 0 Å². The molecule has 0 unspecified atom stereocenters. The van der Waals surface area contributed by atoms with Crippen molar-refractivity contribution in [1.29, 1.82) is 0 Å². The van der Waals surface area contributed by atoms with E-state index in [2.05, 4.69) is 22.0 Å². The van der Waals surface area contributed by atoms with Crippen molar-refractivity contribution < 1.29 is 9.32 Å². The number of aromatic nitrogens is 1. The van der Waals surface area contributed by atoms with Crippen LogP contribution in [0.1, 0.15) is 30.1 Å². The molecule has 3 aromatic rings. The van der Waals surface area contributed by atoms with Crippen molar-refractivity contribution in [2.24, 2.45) is 0 Å². The molecule has 1 aliphatic heterocycles. The topological polar surface area (TPSA) is 46.3 Å². The van der Waals surface area contributed by atoms with E-state index in [0.717, 1.165) is 36.0 Å². The van der Waals surface area contributed by atoms with Crippen LogP contribution >= 0.6 is 11.3 Å². The molecule has 5 heteroatoms. The van der Waals surface area contributed by atoms with Crippen LogP contribution in [0.25, 0.3) is 11.0 Å². The Morgan fingerprint density at radius 2 is 2.27 bits per heavy atom. The minimum atomic E-state index is 0.132. The molecule has 112 valence electrons. The zero-order valence-corrected chi connectivity index (χ0v) is 12.9. The van der Waals surface area contributed by atoms with Crippen LogP contribution in [0.3, 0.4) is 0 Å². The maximum Gasteiger partial charge on any atom is 0.229 e. The molecule has 22 heavy (non-hydrogen) atoms. The third-order valence-electron chi connectivity index (χ3n) is 4.27. The molecule has 3 heterocycles. The number of benzene rings is 1. The van der Waals surface area contributed by atoms with E-state index in [1.807, 2.05) is 29.2 Å². The van der Waals surface area contributed by atoms with E-state index in [-0.39, 0.29) is 11.9 Å². The first-order valence-electron chi connectivity index (χ1n) is 7.48. The number of carbonyl (C=O) groups excluding carboxylic acids is 1. The zero-order chi connectivity index (χ0) is 14.9. The zero-order valence-electron chi connectivity index (χ0n) is 12.1. The smallest absolute Gasteiger partial charge is 0.229 e. The Morgan fingerprint density at radius 3 is 3.14 bits per heavy atom. The fourth-order valence-electron chi connectivity index (χ4n) is 3.19. The monoisotopic (exact) mass is 312 g/mol. The number of fused-ring (bicyclic) bond motifs is 1. The van der Waals surface area contributed by atoms with Crippen molar-refractivity contribution in [3.05, 3.63) is 52.3 Å². The molecule has 4 nitrogen and oxygen atoms in total. The highest BCUT2D eigenvalue weighted by Crippen LogP contribution is 2.33. The first-order chi connectivity index (χ1) is 10.8. The molecule has 0 radical (unpaired) electrons. The van der Waals surface area contributed by atoms with E-state index in [1.54, 1.807) is 11.3 Å². The molecular formula is C17H16N2O2S. The number of para-hydroxylation sites is 1. The van der Waals surface area contributed by atoms with Gasteiger partial charge in [-0.3, -0.25) is 4.79 Å². The number of rotatable bonds is 3. The summed E-state index contributed by atoms with van der Waals surface area (Å²) in [5.41, 5.74) is 2.72. The Labute approximate surface area is 132 Å². The summed E-state index contributed by atoms with van der Waals surface area (Å²) >= 11 is 1.68. The summed E-state index contributed by atoms with van der Waals surface area (Å²) in [6, 6.07) is 10.0. The van der Waals surface area contributed by atoms with Crippen LogP contribution in [0.5, 0.6) is 0 Å². The summed E-state index contributed by atoms with van der Waals surface area (Å²) in [6.45, 7) is 0.829. The summed E-state index contributed by atoms with van der Waals surface area (Å²) in [5, 5.41) is 9.22. The lowest BCUT2D eigenvalue weighted by Gasteiger charge is -2.24. The van der Waals surface area contributed by atoms with Gasteiger partial charge in [0.25, 0.3) is 0 Å². The number of hydrogen-bond acceptors (Lipinski definition) is 4. The lowest BCUT2D eigenvalue weighted by Crippen LogP contribution is -2.31. The molecule has 1 fully saturated rings. The van der Waals surface area contributed by atoms with Crippen LogP contribution in [0.4, 0.5) is 0 Å². The van der Waals surface area contributed by atoms with Crippen LogP contribution in [0.2, 0.25) is 0 Å². The molecule has 1 amide bonds. The van der Waals surface area contributed by atoms with Crippen molar-refractivity contribution in [3.8, 4) is 0 Å². The maximum atomic E-state index is 12.7. The summed E-state index contributed by atoms with van der Waals surface area (Å²) in [4.78, 5) is 14.7. The van der Waals surface area contributed by atoms with E-state index in [1.165, 1.54) is 5.56 Å². The minimum Gasteiger partial charge on any atom is -0.356 e. The van der Waals surface area contributed by atoms with Gasteiger partial charge in [0.2, 0.25) is 5.91 Å². The van der Waals surface area contributed by atoms with Crippen molar-refractivity contribution in [3.63, 3.8) is 0 Å². The van der Waals surface area contributed by atoms with Gasteiger partial charge >= 0.3 is 0 Å². The summed E-state index contributed by atoms with van der Waals surface area (Å²) < 4.78 is 5.29. The first kappa shape index (κ1) is 13.5. The van der Waals surface area contributed by atoms with Gasteiger partial charge in [-0.1, -0.05) is 17.3 Å². The van der Waals surface area contributed by atoms with E-state index in [0.29, 0.717) is 6.42 Å². The third kappa shape index (κ3) is 2.31. The highest BCUT2D eigenvalue weighted by Gasteiger charge is 2.30. The van der Waals surface area contributed by atoms with Gasteiger partial charge in [0.1, 0.15) is 5.69 Å². The molecule has 1 saturated heterocycles. The fourth-order valence-corrected chi connectivity index (χ4v) is 3.89. The van der Waals surface area contributed by atoms with Crippen molar-refractivity contribution >= 4 is 28.2 Å². The Hall–Kier alpha value is -2.14. The van der Waals surface area contributed by atoms with Crippen LogP contribution in [-0.2, 0) is 11.2 Å². The summed E-state index contributed by atoms with van der Waals surface area (Å²) in [5.74, 6) is 0.132.